The standard InChI is InChI=1S/C15H13BrF2O2/c1-20-15-7-10(12(16)8-13(15)18)6-14(19)9-2-4-11(17)5-3-9/h2-5,7-8,14,19H,6H2,1H3. The van der Waals surface area contributed by atoms with Gasteiger partial charge < -0.3 is 9.84 Å². The fourth-order valence-electron chi connectivity index (χ4n) is 1.90. The Morgan fingerprint density at radius 2 is 1.85 bits per heavy atom. The van der Waals surface area contributed by atoms with E-state index in [2.05, 4.69) is 15.9 Å². The average Bonchev–Trinajstić information content (AvgIpc) is 2.42. The van der Waals surface area contributed by atoms with Gasteiger partial charge in [0.2, 0.25) is 0 Å². The number of aliphatic hydroxyl groups excluding tert-OH is 1. The number of hydrogen-bond donors (Lipinski definition) is 1. The molecule has 0 heterocycles. The summed E-state index contributed by atoms with van der Waals surface area (Å²) in [5, 5.41) is 10.1. The van der Waals surface area contributed by atoms with Gasteiger partial charge in [-0.05, 0) is 35.4 Å². The highest BCUT2D eigenvalue weighted by Crippen LogP contribution is 2.29. The van der Waals surface area contributed by atoms with Crippen LogP contribution in [0, 0.1) is 11.6 Å². The van der Waals surface area contributed by atoms with E-state index < -0.39 is 11.9 Å². The predicted molar refractivity (Wildman–Crippen MR) is 75.7 cm³/mol. The Balaban J connectivity index is 2.23. The third-order valence-corrected chi connectivity index (χ3v) is 3.73. The lowest BCUT2D eigenvalue weighted by atomic mass is 10.0. The summed E-state index contributed by atoms with van der Waals surface area (Å²) in [5.41, 5.74) is 1.31. The van der Waals surface area contributed by atoms with E-state index in [1.165, 1.54) is 43.5 Å². The van der Waals surface area contributed by atoms with E-state index >= 15 is 0 Å². The average molecular weight is 343 g/mol. The zero-order chi connectivity index (χ0) is 14.7. The molecule has 0 aliphatic rings. The lowest BCUT2D eigenvalue weighted by Crippen LogP contribution is -2.03. The maximum Gasteiger partial charge on any atom is 0.166 e. The minimum atomic E-state index is -0.804. The third kappa shape index (κ3) is 3.35. The van der Waals surface area contributed by atoms with Crippen LogP contribution >= 0.6 is 15.9 Å². The molecule has 0 aliphatic carbocycles. The lowest BCUT2D eigenvalue weighted by molar-refractivity contribution is 0.178. The number of rotatable bonds is 4. The van der Waals surface area contributed by atoms with Crippen molar-refractivity contribution < 1.29 is 18.6 Å². The molecule has 0 aliphatic heterocycles. The van der Waals surface area contributed by atoms with Gasteiger partial charge in [0.1, 0.15) is 5.82 Å². The molecule has 0 radical (unpaired) electrons. The Morgan fingerprint density at radius 1 is 1.20 bits per heavy atom. The smallest absolute Gasteiger partial charge is 0.166 e. The van der Waals surface area contributed by atoms with Crippen molar-refractivity contribution in [3.05, 3.63) is 63.6 Å². The van der Waals surface area contributed by atoms with Crippen molar-refractivity contribution in [2.75, 3.05) is 7.11 Å². The van der Waals surface area contributed by atoms with Crippen LogP contribution in [0.4, 0.5) is 8.78 Å². The third-order valence-electron chi connectivity index (χ3n) is 2.99. The maximum atomic E-state index is 13.5. The topological polar surface area (TPSA) is 29.5 Å². The van der Waals surface area contributed by atoms with Crippen molar-refractivity contribution in [3.63, 3.8) is 0 Å². The monoisotopic (exact) mass is 342 g/mol. The SMILES string of the molecule is COc1cc(CC(O)c2ccc(F)cc2)c(Br)cc1F. The summed E-state index contributed by atoms with van der Waals surface area (Å²) in [4.78, 5) is 0. The molecule has 2 nitrogen and oxygen atoms in total. The van der Waals surface area contributed by atoms with E-state index in [0.717, 1.165) is 0 Å². The molecular formula is C15H13BrF2O2. The maximum absolute atomic E-state index is 13.5. The molecule has 106 valence electrons. The van der Waals surface area contributed by atoms with Crippen molar-refractivity contribution in [1.82, 2.24) is 0 Å². The Hall–Kier alpha value is -1.46. The highest BCUT2D eigenvalue weighted by molar-refractivity contribution is 9.10. The summed E-state index contributed by atoms with van der Waals surface area (Å²) < 4.78 is 31.8. The fraction of sp³-hybridized carbons (Fsp3) is 0.200. The van der Waals surface area contributed by atoms with Crippen LogP contribution in [-0.4, -0.2) is 12.2 Å². The van der Waals surface area contributed by atoms with Crippen molar-refractivity contribution in [2.45, 2.75) is 12.5 Å². The van der Waals surface area contributed by atoms with Crippen LogP contribution < -0.4 is 4.74 Å². The van der Waals surface area contributed by atoms with Gasteiger partial charge in [0, 0.05) is 10.9 Å². The number of methoxy groups -OCH3 is 1. The van der Waals surface area contributed by atoms with Crippen molar-refractivity contribution >= 4 is 15.9 Å². The van der Waals surface area contributed by atoms with E-state index in [1.54, 1.807) is 0 Å². The Kier molecular flexibility index (Phi) is 4.73. The van der Waals surface area contributed by atoms with Gasteiger partial charge in [-0.2, -0.15) is 0 Å². The summed E-state index contributed by atoms with van der Waals surface area (Å²) in [5.74, 6) is -0.709. The fourth-order valence-corrected chi connectivity index (χ4v) is 2.37. The van der Waals surface area contributed by atoms with Gasteiger partial charge in [0.05, 0.1) is 13.2 Å². The molecule has 20 heavy (non-hydrogen) atoms. The molecule has 0 aromatic heterocycles. The first-order valence-electron chi connectivity index (χ1n) is 5.96. The number of hydrogen-bond acceptors (Lipinski definition) is 2. The number of ether oxygens (including phenoxy) is 1. The van der Waals surface area contributed by atoms with Gasteiger partial charge in [-0.1, -0.05) is 28.1 Å². The van der Waals surface area contributed by atoms with Gasteiger partial charge in [0.25, 0.3) is 0 Å². The van der Waals surface area contributed by atoms with Crippen LogP contribution in [0.5, 0.6) is 5.75 Å². The number of halogens is 3. The lowest BCUT2D eigenvalue weighted by Gasteiger charge is -2.14. The van der Waals surface area contributed by atoms with Crippen LogP contribution in [0.1, 0.15) is 17.2 Å². The van der Waals surface area contributed by atoms with E-state index in [4.69, 9.17) is 4.74 Å². The Bertz CT molecular complexity index is 600. The summed E-state index contributed by atoms with van der Waals surface area (Å²) in [6.07, 6.45) is -0.537. The van der Waals surface area contributed by atoms with E-state index in [-0.39, 0.29) is 18.0 Å². The largest absolute Gasteiger partial charge is 0.494 e. The molecule has 2 aromatic rings. The van der Waals surface area contributed by atoms with Gasteiger partial charge >= 0.3 is 0 Å². The van der Waals surface area contributed by atoms with E-state index in [0.29, 0.717) is 15.6 Å². The second kappa shape index (κ2) is 6.33. The van der Waals surface area contributed by atoms with Crippen molar-refractivity contribution in [1.29, 1.82) is 0 Å². The molecule has 5 heteroatoms. The van der Waals surface area contributed by atoms with Crippen LogP contribution in [0.2, 0.25) is 0 Å². The number of aliphatic hydroxyl groups is 1. The Labute approximate surface area is 124 Å². The molecular weight excluding hydrogens is 330 g/mol. The van der Waals surface area contributed by atoms with Crippen LogP contribution in [0.15, 0.2) is 40.9 Å². The van der Waals surface area contributed by atoms with E-state index in [1.807, 2.05) is 0 Å². The minimum Gasteiger partial charge on any atom is -0.494 e. The van der Waals surface area contributed by atoms with Crippen LogP contribution in [0.3, 0.4) is 0 Å². The summed E-state index contributed by atoms with van der Waals surface area (Å²) in [6, 6.07) is 8.46. The first kappa shape index (κ1) is 14.9. The van der Waals surface area contributed by atoms with Gasteiger partial charge in [-0.15, -0.1) is 0 Å². The van der Waals surface area contributed by atoms with Gasteiger partial charge in [-0.25, -0.2) is 8.78 Å². The summed E-state index contributed by atoms with van der Waals surface area (Å²) >= 11 is 3.26. The van der Waals surface area contributed by atoms with Crippen molar-refractivity contribution in [3.8, 4) is 5.75 Å². The van der Waals surface area contributed by atoms with Gasteiger partial charge in [0.15, 0.2) is 11.6 Å². The second-order valence-electron chi connectivity index (χ2n) is 4.35. The molecule has 0 bridgehead atoms. The Morgan fingerprint density at radius 3 is 2.45 bits per heavy atom. The van der Waals surface area contributed by atoms with E-state index in [9.17, 15) is 13.9 Å². The quantitative estimate of drug-likeness (QED) is 0.909. The minimum absolute atomic E-state index is 0.120. The zero-order valence-electron chi connectivity index (χ0n) is 10.7. The predicted octanol–water partition coefficient (Wildman–Crippen LogP) is 4.01. The highest BCUT2D eigenvalue weighted by atomic mass is 79.9. The zero-order valence-corrected chi connectivity index (χ0v) is 12.3. The molecule has 0 fully saturated rings. The summed E-state index contributed by atoms with van der Waals surface area (Å²) in [6.45, 7) is 0. The molecule has 1 atom stereocenters. The first-order valence-corrected chi connectivity index (χ1v) is 6.76. The normalized spacial score (nSPS) is 12.2. The van der Waals surface area contributed by atoms with Gasteiger partial charge in [-0.3, -0.25) is 0 Å². The highest BCUT2D eigenvalue weighted by Gasteiger charge is 2.14. The van der Waals surface area contributed by atoms with Crippen LogP contribution in [0.25, 0.3) is 0 Å². The molecule has 0 spiro atoms. The summed E-state index contributed by atoms with van der Waals surface area (Å²) in [7, 11) is 1.38. The molecule has 1 unspecified atom stereocenters. The van der Waals surface area contributed by atoms with Crippen molar-refractivity contribution in [2.24, 2.45) is 0 Å². The molecule has 2 rings (SSSR count). The molecule has 0 saturated carbocycles. The second-order valence-corrected chi connectivity index (χ2v) is 5.20. The number of benzene rings is 2. The first-order chi connectivity index (χ1) is 9.51. The molecule has 1 N–H and O–H groups in total. The molecule has 0 saturated heterocycles. The van der Waals surface area contributed by atoms with Crippen LogP contribution in [-0.2, 0) is 6.42 Å². The molecule has 2 aromatic carbocycles. The molecule has 0 amide bonds.